The molecule has 3 rings (SSSR count). The van der Waals surface area contributed by atoms with Crippen molar-refractivity contribution in [2.24, 2.45) is 0 Å². The van der Waals surface area contributed by atoms with Gasteiger partial charge in [0.2, 0.25) is 5.91 Å². The van der Waals surface area contributed by atoms with Crippen molar-refractivity contribution in [2.45, 2.75) is 0 Å². The zero-order chi connectivity index (χ0) is 21.0. The maximum atomic E-state index is 12.9. The molecule has 0 unspecified atom stereocenters. The molecule has 1 heterocycles. The molecule has 0 atom stereocenters. The van der Waals surface area contributed by atoms with Crippen LogP contribution < -0.4 is 14.8 Å². The first-order valence-electron chi connectivity index (χ1n) is 8.44. The zero-order valence-electron chi connectivity index (χ0n) is 15.6. The molecule has 0 aromatic heterocycles. The first-order chi connectivity index (χ1) is 13.9. The largest absolute Gasteiger partial charge is 0.493 e. The van der Waals surface area contributed by atoms with E-state index in [1.54, 1.807) is 24.3 Å². The molecule has 1 N–H and O–H groups in total. The molecule has 9 heteroatoms. The molecule has 29 heavy (non-hydrogen) atoms. The number of imide groups is 1. The van der Waals surface area contributed by atoms with Crippen molar-refractivity contribution in [3.05, 3.63) is 58.8 Å². The minimum Gasteiger partial charge on any atom is -0.493 e. The Kier molecular flexibility index (Phi) is 6.18. The molecule has 0 saturated carbocycles. The number of hydrogen-bond donors (Lipinski definition) is 1. The maximum Gasteiger partial charge on any atom is 0.294 e. The molecule has 1 fully saturated rings. The van der Waals surface area contributed by atoms with Crippen molar-refractivity contribution < 1.29 is 28.2 Å². The molecule has 0 bridgehead atoms. The summed E-state index contributed by atoms with van der Waals surface area (Å²) in [6.07, 6.45) is 1.55. The lowest BCUT2D eigenvalue weighted by Gasteiger charge is -2.12. The summed E-state index contributed by atoms with van der Waals surface area (Å²) in [6, 6.07) is 10.2. The van der Waals surface area contributed by atoms with Crippen molar-refractivity contribution in [1.29, 1.82) is 0 Å². The van der Waals surface area contributed by atoms with Gasteiger partial charge in [-0.15, -0.1) is 0 Å². The van der Waals surface area contributed by atoms with E-state index in [0.717, 1.165) is 16.7 Å². The standard InChI is InChI=1S/C20H17FN2O5S/c1-27-15-8-3-12(9-16(15)28-2)10-17-19(25)23(20(26)29-17)11-18(24)22-14-6-4-13(21)5-7-14/h3-10H,11H2,1-2H3,(H,22,24). The van der Waals surface area contributed by atoms with Crippen molar-refractivity contribution in [3.63, 3.8) is 0 Å². The van der Waals surface area contributed by atoms with Gasteiger partial charge < -0.3 is 14.8 Å². The van der Waals surface area contributed by atoms with Crippen LogP contribution in [0.15, 0.2) is 47.4 Å². The van der Waals surface area contributed by atoms with Crippen LogP contribution in [0.5, 0.6) is 11.5 Å². The smallest absolute Gasteiger partial charge is 0.294 e. The summed E-state index contributed by atoms with van der Waals surface area (Å²) in [4.78, 5) is 38.0. The van der Waals surface area contributed by atoms with Crippen LogP contribution in [0.1, 0.15) is 5.56 Å². The van der Waals surface area contributed by atoms with E-state index in [2.05, 4.69) is 5.32 Å². The first kappa shape index (κ1) is 20.4. The molecule has 1 aliphatic heterocycles. The molecule has 3 amide bonds. The molecule has 150 valence electrons. The lowest BCUT2D eigenvalue weighted by atomic mass is 10.2. The van der Waals surface area contributed by atoms with E-state index in [1.165, 1.54) is 38.5 Å². The fourth-order valence-electron chi connectivity index (χ4n) is 2.61. The van der Waals surface area contributed by atoms with E-state index in [4.69, 9.17) is 9.47 Å². The second-order valence-corrected chi connectivity index (χ2v) is 6.93. The van der Waals surface area contributed by atoms with Crippen LogP contribution in [0.4, 0.5) is 14.9 Å². The molecular weight excluding hydrogens is 399 g/mol. The van der Waals surface area contributed by atoms with Gasteiger partial charge in [0.05, 0.1) is 19.1 Å². The van der Waals surface area contributed by atoms with Crippen LogP contribution in [0, 0.1) is 5.82 Å². The molecule has 2 aromatic rings. The molecule has 0 aliphatic carbocycles. The molecule has 2 aromatic carbocycles. The van der Waals surface area contributed by atoms with Crippen LogP contribution in [0.3, 0.4) is 0 Å². The van der Waals surface area contributed by atoms with Crippen molar-refractivity contribution in [1.82, 2.24) is 4.90 Å². The van der Waals surface area contributed by atoms with Gasteiger partial charge in [0.1, 0.15) is 12.4 Å². The fraction of sp³-hybridized carbons (Fsp3) is 0.150. The highest BCUT2D eigenvalue weighted by atomic mass is 32.2. The number of nitrogens with one attached hydrogen (secondary N) is 1. The summed E-state index contributed by atoms with van der Waals surface area (Å²) in [5.74, 6) is -0.543. The number of rotatable bonds is 6. The van der Waals surface area contributed by atoms with Crippen molar-refractivity contribution in [3.8, 4) is 11.5 Å². The van der Waals surface area contributed by atoms with Gasteiger partial charge in [0.15, 0.2) is 11.5 Å². The predicted octanol–water partition coefficient (Wildman–Crippen LogP) is 3.52. The minimum absolute atomic E-state index is 0.191. The molecule has 1 aliphatic rings. The van der Waals surface area contributed by atoms with Crippen LogP contribution in [0.25, 0.3) is 6.08 Å². The highest BCUT2D eigenvalue weighted by molar-refractivity contribution is 8.18. The van der Waals surface area contributed by atoms with Gasteiger partial charge in [-0.1, -0.05) is 6.07 Å². The van der Waals surface area contributed by atoms with E-state index in [1.807, 2.05) is 0 Å². The Balaban J connectivity index is 1.71. The Bertz CT molecular complexity index is 991. The van der Waals surface area contributed by atoms with Crippen molar-refractivity contribution in [2.75, 3.05) is 26.1 Å². The molecule has 0 spiro atoms. The van der Waals surface area contributed by atoms with Gasteiger partial charge in [-0.25, -0.2) is 4.39 Å². The number of halogens is 1. The second-order valence-electron chi connectivity index (χ2n) is 5.94. The van der Waals surface area contributed by atoms with E-state index in [-0.39, 0.29) is 4.91 Å². The average Bonchev–Trinajstić information content (AvgIpc) is 2.97. The summed E-state index contributed by atoms with van der Waals surface area (Å²) in [7, 11) is 3.01. The van der Waals surface area contributed by atoms with Gasteiger partial charge in [-0.2, -0.15) is 0 Å². The van der Waals surface area contributed by atoms with Gasteiger partial charge in [-0.05, 0) is 59.8 Å². The van der Waals surface area contributed by atoms with E-state index in [0.29, 0.717) is 22.7 Å². The van der Waals surface area contributed by atoms with E-state index >= 15 is 0 Å². The second kappa shape index (κ2) is 8.78. The van der Waals surface area contributed by atoms with Gasteiger partial charge in [-0.3, -0.25) is 19.3 Å². The number of amides is 3. The highest BCUT2D eigenvalue weighted by Crippen LogP contribution is 2.34. The number of carbonyl (C=O) groups is 3. The molecule has 0 radical (unpaired) electrons. The highest BCUT2D eigenvalue weighted by Gasteiger charge is 2.36. The number of hydrogen-bond acceptors (Lipinski definition) is 6. The lowest BCUT2D eigenvalue weighted by molar-refractivity contribution is -0.127. The number of benzene rings is 2. The third kappa shape index (κ3) is 4.75. The summed E-state index contributed by atoms with van der Waals surface area (Å²) in [5.41, 5.74) is 1.01. The Labute approximate surface area is 170 Å². The number of methoxy groups -OCH3 is 2. The Morgan fingerprint density at radius 2 is 1.79 bits per heavy atom. The Morgan fingerprint density at radius 1 is 1.10 bits per heavy atom. The van der Waals surface area contributed by atoms with Crippen LogP contribution in [0.2, 0.25) is 0 Å². The SMILES string of the molecule is COc1ccc(C=C2SC(=O)N(CC(=O)Nc3ccc(F)cc3)C2=O)cc1OC. The monoisotopic (exact) mass is 416 g/mol. The van der Waals surface area contributed by atoms with Crippen molar-refractivity contribution >= 4 is 40.6 Å². The van der Waals surface area contributed by atoms with Gasteiger partial charge in [0.25, 0.3) is 11.1 Å². The third-order valence-electron chi connectivity index (χ3n) is 4.01. The topological polar surface area (TPSA) is 84.9 Å². The molecule has 7 nitrogen and oxygen atoms in total. The maximum absolute atomic E-state index is 12.9. The summed E-state index contributed by atoms with van der Waals surface area (Å²) < 4.78 is 23.3. The van der Waals surface area contributed by atoms with E-state index in [9.17, 15) is 18.8 Å². The quantitative estimate of drug-likeness (QED) is 0.726. The number of thioether (sulfide) groups is 1. The third-order valence-corrected chi connectivity index (χ3v) is 4.92. The number of ether oxygens (including phenoxy) is 2. The Morgan fingerprint density at radius 3 is 2.45 bits per heavy atom. The number of carbonyl (C=O) groups excluding carboxylic acids is 3. The lowest BCUT2D eigenvalue weighted by Crippen LogP contribution is -2.36. The Hall–Kier alpha value is -3.33. The van der Waals surface area contributed by atoms with Crippen LogP contribution >= 0.6 is 11.8 Å². The van der Waals surface area contributed by atoms with E-state index < -0.39 is 29.4 Å². The number of anilines is 1. The first-order valence-corrected chi connectivity index (χ1v) is 9.25. The zero-order valence-corrected chi connectivity index (χ0v) is 16.4. The van der Waals surface area contributed by atoms with Crippen LogP contribution in [-0.2, 0) is 9.59 Å². The minimum atomic E-state index is -0.566. The average molecular weight is 416 g/mol. The van der Waals surface area contributed by atoms with Gasteiger partial charge >= 0.3 is 0 Å². The summed E-state index contributed by atoms with van der Waals surface area (Å²) >= 11 is 0.747. The van der Waals surface area contributed by atoms with Crippen LogP contribution in [-0.4, -0.2) is 42.7 Å². The number of nitrogens with zero attached hydrogens (tertiary/aromatic N) is 1. The fourth-order valence-corrected chi connectivity index (χ4v) is 3.45. The summed E-state index contributed by atoms with van der Waals surface area (Å²) in [5, 5.41) is 1.97. The normalized spacial score (nSPS) is 15.0. The van der Waals surface area contributed by atoms with Gasteiger partial charge in [0, 0.05) is 5.69 Å². The molecule has 1 saturated heterocycles. The predicted molar refractivity (Wildman–Crippen MR) is 107 cm³/mol. The molecular formula is C20H17FN2O5S. The summed E-state index contributed by atoms with van der Waals surface area (Å²) in [6.45, 7) is -0.439.